The van der Waals surface area contributed by atoms with Gasteiger partial charge in [-0.1, -0.05) is 29.3 Å². The molecule has 162 valence electrons. The molecule has 1 N–H and O–H groups in total. The maximum atomic E-state index is 13.0. The van der Waals surface area contributed by atoms with Crippen molar-refractivity contribution in [1.29, 1.82) is 0 Å². The van der Waals surface area contributed by atoms with Crippen LogP contribution in [0.3, 0.4) is 0 Å². The molecule has 1 heterocycles. The highest BCUT2D eigenvalue weighted by Crippen LogP contribution is 2.28. The molecule has 1 aliphatic heterocycles. The molecule has 2 atom stereocenters. The van der Waals surface area contributed by atoms with Crippen LogP contribution in [0.4, 0.5) is 0 Å². The lowest BCUT2D eigenvalue weighted by molar-refractivity contribution is -0.126. The van der Waals surface area contributed by atoms with Gasteiger partial charge in [-0.15, -0.1) is 0 Å². The molecule has 2 unspecified atom stereocenters. The van der Waals surface area contributed by atoms with Gasteiger partial charge in [-0.3, -0.25) is 4.79 Å². The number of carbonyl (C=O) groups is 1. The highest BCUT2D eigenvalue weighted by atomic mass is 35.5. The van der Waals surface area contributed by atoms with Crippen molar-refractivity contribution in [3.8, 4) is 5.75 Å². The fourth-order valence-electron chi connectivity index (χ4n) is 3.47. The molecule has 0 bridgehead atoms. The van der Waals surface area contributed by atoms with Gasteiger partial charge in [0.05, 0.1) is 34.0 Å². The molecular weight excluding hydrogens is 447 g/mol. The number of methoxy groups -OCH3 is 1. The predicted octanol–water partition coefficient (Wildman–Crippen LogP) is 4.28. The Balaban J connectivity index is 1.68. The Morgan fingerprint density at radius 2 is 1.87 bits per heavy atom. The van der Waals surface area contributed by atoms with Gasteiger partial charge in [-0.05, 0) is 61.7 Å². The summed E-state index contributed by atoms with van der Waals surface area (Å²) in [6, 6.07) is 11.2. The minimum Gasteiger partial charge on any atom is -0.497 e. The van der Waals surface area contributed by atoms with Crippen LogP contribution in [0.25, 0.3) is 0 Å². The summed E-state index contributed by atoms with van der Waals surface area (Å²) >= 11 is 12.0. The monoisotopic (exact) mass is 470 g/mol. The number of halogens is 2. The number of rotatable bonds is 6. The van der Waals surface area contributed by atoms with Crippen LogP contribution in [0.15, 0.2) is 47.4 Å². The van der Waals surface area contributed by atoms with Gasteiger partial charge in [0.2, 0.25) is 15.9 Å². The number of hydrogen-bond donors (Lipinski definition) is 1. The Bertz CT molecular complexity index is 1010. The quantitative estimate of drug-likeness (QED) is 0.683. The van der Waals surface area contributed by atoms with E-state index >= 15 is 0 Å². The third kappa shape index (κ3) is 5.09. The van der Waals surface area contributed by atoms with E-state index in [-0.39, 0.29) is 23.4 Å². The van der Waals surface area contributed by atoms with E-state index in [1.165, 1.54) is 23.5 Å². The molecule has 0 aromatic heterocycles. The van der Waals surface area contributed by atoms with Gasteiger partial charge < -0.3 is 10.1 Å². The molecule has 0 saturated carbocycles. The van der Waals surface area contributed by atoms with E-state index in [4.69, 9.17) is 27.9 Å². The summed E-state index contributed by atoms with van der Waals surface area (Å²) in [5, 5.41) is 3.83. The summed E-state index contributed by atoms with van der Waals surface area (Å²) in [5.41, 5.74) is 0.830. The molecule has 6 nitrogen and oxygen atoms in total. The fourth-order valence-corrected chi connectivity index (χ4v) is 5.30. The third-order valence-corrected chi connectivity index (χ3v) is 7.87. The van der Waals surface area contributed by atoms with E-state index in [0.717, 1.165) is 5.56 Å². The highest BCUT2D eigenvalue weighted by molar-refractivity contribution is 7.89. The van der Waals surface area contributed by atoms with Crippen LogP contribution >= 0.6 is 23.2 Å². The number of benzene rings is 2. The first-order valence-electron chi connectivity index (χ1n) is 9.62. The van der Waals surface area contributed by atoms with E-state index in [0.29, 0.717) is 35.2 Å². The number of sulfonamides is 1. The van der Waals surface area contributed by atoms with Gasteiger partial charge in [0, 0.05) is 13.1 Å². The molecule has 1 saturated heterocycles. The van der Waals surface area contributed by atoms with Crippen molar-refractivity contribution in [3.63, 3.8) is 0 Å². The van der Waals surface area contributed by atoms with Gasteiger partial charge in [0.25, 0.3) is 0 Å². The number of carbonyl (C=O) groups excluding carboxylic acids is 1. The number of nitrogens with zero attached hydrogens (tertiary/aromatic N) is 1. The van der Waals surface area contributed by atoms with Crippen molar-refractivity contribution in [3.05, 3.63) is 58.1 Å². The van der Waals surface area contributed by atoms with E-state index in [2.05, 4.69) is 5.32 Å². The molecule has 0 radical (unpaired) electrons. The van der Waals surface area contributed by atoms with Crippen molar-refractivity contribution in [2.75, 3.05) is 20.2 Å². The van der Waals surface area contributed by atoms with Gasteiger partial charge >= 0.3 is 0 Å². The SMILES string of the molecule is COc1ccc(S(=O)(=O)N2CCCC(C(=O)NC(C)c3ccc(Cl)c(Cl)c3)C2)cc1. The molecule has 9 heteroatoms. The molecule has 1 amide bonds. The molecule has 30 heavy (non-hydrogen) atoms. The Labute approximate surface area is 187 Å². The highest BCUT2D eigenvalue weighted by Gasteiger charge is 2.33. The second kappa shape index (κ2) is 9.56. The third-order valence-electron chi connectivity index (χ3n) is 5.25. The van der Waals surface area contributed by atoms with Crippen LogP contribution in [0.2, 0.25) is 10.0 Å². The largest absolute Gasteiger partial charge is 0.497 e. The van der Waals surface area contributed by atoms with Crippen LogP contribution in [-0.2, 0) is 14.8 Å². The van der Waals surface area contributed by atoms with E-state index in [1.807, 2.05) is 6.92 Å². The Hall–Kier alpha value is -1.80. The van der Waals surface area contributed by atoms with Crippen LogP contribution in [-0.4, -0.2) is 38.8 Å². The van der Waals surface area contributed by atoms with Gasteiger partial charge in [-0.25, -0.2) is 8.42 Å². The van der Waals surface area contributed by atoms with Crippen molar-refractivity contribution in [2.24, 2.45) is 5.92 Å². The van der Waals surface area contributed by atoms with E-state index in [1.54, 1.807) is 30.3 Å². The first-order valence-corrected chi connectivity index (χ1v) is 11.8. The number of hydrogen-bond acceptors (Lipinski definition) is 4. The fraction of sp³-hybridized carbons (Fsp3) is 0.381. The number of piperidine rings is 1. The van der Waals surface area contributed by atoms with Crippen molar-refractivity contribution in [1.82, 2.24) is 9.62 Å². The predicted molar refractivity (Wildman–Crippen MR) is 117 cm³/mol. The Morgan fingerprint density at radius 3 is 2.50 bits per heavy atom. The summed E-state index contributed by atoms with van der Waals surface area (Å²) in [6.07, 6.45) is 1.25. The van der Waals surface area contributed by atoms with Gasteiger partial charge in [0.1, 0.15) is 5.75 Å². The lowest BCUT2D eigenvalue weighted by Gasteiger charge is -2.32. The van der Waals surface area contributed by atoms with Crippen molar-refractivity contribution >= 4 is 39.1 Å². The normalized spacial score (nSPS) is 18.6. The summed E-state index contributed by atoms with van der Waals surface area (Å²) in [7, 11) is -2.15. The molecule has 2 aromatic rings. The van der Waals surface area contributed by atoms with Crippen LogP contribution in [0.1, 0.15) is 31.4 Å². The van der Waals surface area contributed by atoms with Gasteiger partial charge in [0.15, 0.2) is 0 Å². The first-order chi connectivity index (χ1) is 14.2. The molecule has 0 spiro atoms. The van der Waals surface area contributed by atoms with Crippen LogP contribution in [0.5, 0.6) is 5.75 Å². The summed E-state index contributed by atoms with van der Waals surface area (Å²) < 4.78 is 32.5. The molecular formula is C21H24Cl2N2O4S. The summed E-state index contributed by atoms with van der Waals surface area (Å²) in [4.78, 5) is 13.0. The van der Waals surface area contributed by atoms with E-state index in [9.17, 15) is 13.2 Å². The minimum atomic E-state index is -3.68. The average Bonchev–Trinajstić information content (AvgIpc) is 2.75. The molecule has 3 rings (SSSR count). The second-order valence-corrected chi connectivity index (χ2v) is 10.0. The molecule has 1 aliphatic rings. The van der Waals surface area contributed by atoms with E-state index < -0.39 is 15.9 Å². The lowest BCUT2D eigenvalue weighted by atomic mass is 9.98. The maximum Gasteiger partial charge on any atom is 0.243 e. The smallest absolute Gasteiger partial charge is 0.243 e. The zero-order valence-electron chi connectivity index (χ0n) is 16.8. The first kappa shape index (κ1) is 22.9. The second-order valence-electron chi connectivity index (χ2n) is 7.28. The topological polar surface area (TPSA) is 75.7 Å². The van der Waals surface area contributed by atoms with Crippen LogP contribution in [0, 0.1) is 5.92 Å². The zero-order chi connectivity index (χ0) is 21.9. The number of amides is 1. The summed E-state index contributed by atoms with van der Waals surface area (Å²) in [5.74, 6) is -0.0127. The van der Waals surface area contributed by atoms with Gasteiger partial charge in [-0.2, -0.15) is 4.31 Å². The molecule has 2 aromatic carbocycles. The maximum absolute atomic E-state index is 13.0. The Morgan fingerprint density at radius 1 is 1.17 bits per heavy atom. The zero-order valence-corrected chi connectivity index (χ0v) is 19.1. The number of nitrogens with one attached hydrogen (secondary N) is 1. The Kier molecular flexibility index (Phi) is 7.29. The van der Waals surface area contributed by atoms with Crippen molar-refractivity contribution < 1.29 is 17.9 Å². The molecule has 0 aliphatic carbocycles. The van der Waals surface area contributed by atoms with Crippen LogP contribution < -0.4 is 10.1 Å². The average molecular weight is 471 g/mol. The molecule has 1 fully saturated rings. The lowest BCUT2D eigenvalue weighted by Crippen LogP contribution is -2.45. The standard InChI is InChI=1S/C21H24Cl2N2O4S/c1-14(15-5-10-19(22)20(23)12-15)24-21(26)16-4-3-11-25(13-16)30(27,28)18-8-6-17(29-2)7-9-18/h5-10,12,14,16H,3-4,11,13H2,1-2H3,(H,24,26). The summed E-state index contributed by atoms with van der Waals surface area (Å²) in [6.45, 7) is 2.39. The minimum absolute atomic E-state index is 0.147. The number of ether oxygens (including phenoxy) is 1. The van der Waals surface area contributed by atoms with Crippen molar-refractivity contribution in [2.45, 2.75) is 30.7 Å².